The molecule has 138 valence electrons. The molecule has 0 unspecified atom stereocenters. The number of nitrogens with two attached hydrogens (primary N) is 1. The zero-order valence-corrected chi connectivity index (χ0v) is 15.6. The first-order valence-electron chi connectivity index (χ1n) is 9.20. The van der Waals surface area contributed by atoms with E-state index in [1.54, 1.807) is 6.20 Å². The van der Waals surface area contributed by atoms with E-state index >= 15 is 0 Å². The van der Waals surface area contributed by atoms with Gasteiger partial charge in [-0.25, -0.2) is 0 Å². The topological polar surface area (TPSA) is 90.8 Å². The van der Waals surface area contributed by atoms with Crippen LogP contribution in [0.3, 0.4) is 0 Å². The number of likely N-dealkylation sites (tertiary alicyclic amines) is 1. The average molecular weight is 361 g/mol. The van der Waals surface area contributed by atoms with Crippen molar-refractivity contribution in [1.29, 1.82) is 5.26 Å². The van der Waals surface area contributed by atoms with Crippen molar-refractivity contribution in [2.75, 3.05) is 25.9 Å². The molecule has 1 saturated heterocycles. The molecule has 0 bridgehead atoms. The number of anilines is 1. The number of piperidine rings is 1. The Kier molecular flexibility index (Phi) is 4.25. The molecule has 1 aromatic carbocycles. The summed E-state index contributed by atoms with van der Waals surface area (Å²) in [6.07, 6.45) is 7.38. The highest BCUT2D eigenvalue weighted by atomic mass is 16.1. The van der Waals surface area contributed by atoms with E-state index in [0.717, 1.165) is 48.0 Å². The van der Waals surface area contributed by atoms with Gasteiger partial charge in [-0.1, -0.05) is 0 Å². The van der Waals surface area contributed by atoms with Crippen LogP contribution in [0.25, 0.3) is 22.0 Å². The van der Waals surface area contributed by atoms with Gasteiger partial charge in [0.15, 0.2) is 0 Å². The molecular weight excluding hydrogens is 338 g/mol. The number of aryl methyl sites for hydroxylation is 1. The van der Waals surface area contributed by atoms with Crippen molar-refractivity contribution in [2.24, 2.45) is 0 Å². The Hall–Kier alpha value is -3.04. The summed E-state index contributed by atoms with van der Waals surface area (Å²) in [5.41, 5.74) is 9.86. The van der Waals surface area contributed by atoms with Gasteiger partial charge >= 0.3 is 0 Å². The SMILES string of the molecule is Cc1cc2c(cc1C#N)c(-c1c[nH]cc(N)c1=O)cn2C1CCN(C)CC1. The van der Waals surface area contributed by atoms with Crippen molar-refractivity contribution in [3.8, 4) is 17.2 Å². The molecule has 0 saturated carbocycles. The standard InChI is InChI=1S/C21H23N5O/c1-13-7-20-16(8-14(13)9-22)18(17-10-24-11-19(23)21(17)27)12-26(20)15-3-5-25(2)6-4-15/h7-8,10-12,15H,3-6,23H2,1-2H3,(H,24,27). The molecule has 27 heavy (non-hydrogen) atoms. The molecule has 0 radical (unpaired) electrons. The molecule has 2 aromatic heterocycles. The first kappa shape index (κ1) is 17.4. The molecule has 0 spiro atoms. The van der Waals surface area contributed by atoms with Gasteiger partial charge in [-0.3, -0.25) is 4.79 Å². The minimum Gasteiger partial charge on any atom is -0.394 e. The number of H-pyrrole nitrogens is 1. The van der Waals surface area contributed by atoms with Gasteiger partial charge in [-0.05, 0) is 57.6 Å². The summed E-state index contributed by atoms with van der Waals surface area (Å²) in [5.74, 6) is 0. The predicted octanol–water partition coefficient (Wildman–Crippen LogP) is 3.03. The number of hydrogen-bond acceptors (Lipinski definition) is 4. The van der Waals surface area contributed by atoms with E-state index in [2.05, 4.69) is 39.8 Å². The van der Waals surface area contributed by atoms with Gasteiger partial charge in [-0.2, -0.15) is 5.26 Å². The third-order valence-corrected chi connectivity index (χ3v) is 5.64. The van der Waals surface area contributed by atoms with E-state index in [4.69, 9.17) is 5.73 Å². The molecule has 0 aliphatic carbocycles. The average Bonchev–Trinajstić information content (AvgIpc) is 3.02. The van der Waals surface area contributed by atoms with Crippen LogP contribution in [0.15, 0.2) is 35.5 Å². The fourth-order valence-corrected chi connectivity index (χ4v) is 4.01. The minimum atomic E-state index is -0.185. The summed E-state index contributed by atoms with van der Waals surface area (Å²) in [7, 11) is 2.14. The van der Waals surface area contributed by atoms with Crippen LogP contribution in [0.2, 0.25) is 0 Å². The number of nitriles is 1. The number of fused-ring (bicyclic) bond motifs is 1. The lowest BCUT2D eigenvalue weighted by Gasteiger charge is -2.30. The van der Waals surface area contributed by atoms with Crippen LogP contribution in [0.1, 0.15) is 30.0 Å². The van der Waals surface area contributed by atoms with E-state index in [0.29, 0.717) is 17.2 Å². The summed E-state index contributed by atoms with van der Waals surface area (Å²) in [6, 6.07) is 6.60. The molecule has 0 atom stereocenters. The maximum absolute atomic E-state index is 12.6. The monoisotopic (exact) mass is 361 g/mol. The zero-order chi connectivity index (χ0) is 19.1. The number of aromatic nitrogens is 2. The molecule has 4 rings (SSSR count). The minimum absolute atomic E-state index is 0.185. The van der Waals surface area contributed by atoms with Crippen LogP contribution in [0.4, 0.5) is 5.69 Å². The number of pyridine rings is 1. The third kappa shape index (κ3) is 2.90. The second-order valence-electron chi connectivity index (χ2n) is 7.43. The second kappa shape index (κ2) is 6.60. The van der Waals surface area contributed by atoms with Crippen LogP contribution in [-0.2, 0) is 0 Å². The third-order valence-electron chi connectivity index (χ3n) is 5.64. The van der Waals surface area contributed by atoms with Crippen molar-refractivity contribution < 1.29 is 0 Å². The Morgan fingerprint density at radius 3 is 2.67 bits per heavy atom. The number of aromatic amines is 1. The van der Waals surface area contributed by atoms with Gasteiger partial charge in [0, 0.05) is 46.7 Å². The summed E-state index contributed by atoms with van der Waals surface area (Å²) < 4.78 is 2.29. The summed E-state index contributed by atoms with van der Waals surface area (Å²) in [4.78, 5) is 17.9. The quantitative estimate of drug-likeness (QED) is 0.734. The summed E-state index contributed by atoms with van der Waals surface area (Å²) in [5, 5.41) is 10.4. The van der Waals surface area contributed by atoms with Crippen molar-refractivity contribution in [2.45, 2.75) is 25.8 Å². The lowest BCUT2D eigenvalue weighted by molar-refractivity contribution is 0.224. The molecule has 3 aromatic rings. The van der Waals surface area contributed by atoms with Crippen molar-refractivity contribution in [3.05, 3.63) is 52.1 Å². The van der Waals surface area contributed by atoms with Crippen molar-refractivity contribution >= 4 is 16.6 Å². The van der Waals surface area contributed by atoms with Crippen LogP contribution >= 0.6 is 0 Å². The van der Waals surface area contributed by atoms with Gasteiger partial charge in [-0.15, -0.1) is 0 Å². The smallest absolute Gasteiger partial charge is 0.212 e. The fraction of sp³-hybridized carbons (Fsp3) is 0.333. The number of benzene rings is 1. The number of hydrogen-bond donors (Lipinski definition) is 2. The van der Waals surface area contributed by atoms with E-state index in [1.807, 2.05) is 13.0 Å². The number of nitrogens with zero attached hydrogens (tertiary/aromatic N) is 3. The van der Waals surface area contributed by atoms with E-state index < -0.39 is 0 Å². The number of nitrogens with one attached hydrogen (secondary N) is 1. The highest BCUT2D eigenvalue weighted by Crippen LogP contribution is 2.35. The Labute approximate surface area is 157 Å². The zero-order valence-electron chi connectivity index (χ0n) is 15.6. The van der Waals surface area contributed by atoms with Gasteiger partial charge in [0.05, 0.1) is 17.3 Å². The van der Waals surface area contributed by atoms with Crippen molar-refractivity contribution in [3.63, 3.8) is 0 Å². The molecule has 3 heterocycles. The first-order valence-corrected chi connectivity index (χ1v) is 9.20. The summed E-state index contributed by atoms with van der Waals surface area (Å²) >= 11 is 0. The molecule has 1 fully saturated rings. The largest absolute Gasteiger partial charge is 0.394 e. The lowest BCUT2D eigenvalue weighted by Crippen LogP contribution is -2.31. The Morgan fingerprint density at radius 2 is 1.96 bits per heavy atom. The van der Waals surface area contributed by atoms with Gasteiger partial charge in [0.2, 0.25) is 5.43 Å². The van der Waals surface area contributed by atoms with Crippen LogP contribution < -0.4 is 11.2 Å². The fourth-order valence-electron chi connectivity index (χ4n) is 4.01. The predicted molar refractivity (Wildman–Crippen MR) is 108 cm³/mol. The Morgan fingerprint density at radius 1 is 1.22 bits per heavy atom. The lowest BCUT2D eigenvalue weighted by atomic mass is 10.0. The summed E-state index contributed by atoms with van der Waals surface area (Å²) in [6.45, 7) is 4.05. The van der Waals surface area contributed by atoms with Gasteiger partial charge < -0.3 is 20.2 Å². The Balaban J connectivity index is 1.97. The van der Waals surface area contributed by atoms with Gasteiger partial charge in [0.25, 0.3) is 0 Å². The van der Waals surface area contributed by atoms with E-state index in [1.165, 1.54) is 6.20 Å². The van der Waals surface area contributed by atoms with Crippen LogP contribution in [0, 0.1) is 18.3 Å². The first-order chi connectivity index (χ1) is 13.0. The van der Waals surface area contributed by atoms with Crippen LogP contribution in [0.5, 0.6) is 0 Å². The number of rotatable bonds is 2. The molecule has 0 amide bonds. The number of nitrogen functional groups attached to an aromatic ring is 1. The molecule has 6 nitrogen and oxygen atoms in total. The Bertz CT molecular complexity index is 1110. The molecule has 3 N–H and O–H groups in total. The maximum atomic E-state index is 12.6. The molecule has 6 heteroatoms. The van der Waals surface area contributed by atoms with E-state index in [-0.39, 0.29) is 11.1 Å². The molecule has 1 aliphatic heterocycles. The maximum Gasteiger partial charge on any atom is 0.212 e. The highest BCUT2D eigenvalue weighted by Gasteiger charge is 2.23. The van der Waals surface area contributed by atoms with Crippen molar-refractivity contribution in [1.82, 2.24) is 14.5 Å². The normalized spacial score (nSPS) is 15.9. The van der Waals surface area contributed by atoms with E-state index in [9.17, 15) is 10.1 Å². The molecule has 1 aliphatic rings. The highest BCUT2D eigenvalue weighted by molar-refractivity contribution is 5.97. The van der Waals surface area contributed by atoms with Gasteiger partial charge in [0.1, 0.15) is 0 Å². The second-order valence-corrected chi connectivity index (χ2v) is 7.43. The van der Waals surface area contributed by atoms with Crippen LogP contribution in [-0.4, -0.2) is 34.6 Å². The molecular formula is C21H23N5O.